The lowest BCUT2D eigenvalue weighted by Gasteiger charge is -2.20. The van der Waals surface area contributed by atoms with E-state index in [9.17, 15) is 12.8 Å². The van der Waals surface area contributed by atoms with Crippen LogP contribution in [0.15, 0.2) is 18.2 Å². The molecule has 1 N–H and O–H groups in total. The van der Waals surface area contributed by atoms with Crippen LogP contribution < -0.4 is 9.46 Å². The summed E-state index contributed by atoms with van der Waals surface area (Å²) in [5, 5.41) is 0. The zero-order valence-corrected chi connectivity index (χ0v) is 16.2. The van der Waals surface area contributed by atoms with Gasteiger partial charge in [-0.2, -0.15) is 0 Å². The number of rotatable bonds is 9. The lowest BCUT2D eigenvalue weighted by Crippen LogP contribution is -2.29. The lowest BCUT2D eigenvalue weighted by atomic mass is 9.98. The van der Waals surface area contributed by atoms with Crippen molar-refractivity contribution in [1.82, 2.24) is 4.72 Å². The molecule has 0 fully saturated rings. The molecule has 6 heteroatoms. The molecule has 0 aliphatic rings. The third-order valence-corrected chi connectivity index (χ3v) is 5.03. The Morgan fingerprint density at radius 2 is 1.92 bits per heavy atom. The molecule has 0 radical (unpaired) electrons. The number of halogens is 1. The summed E-state index contributed by atoms with van der Waals surface area (Å²) >= 11 is 0. The molecule has 24 heavy (non-hydrogen) atoms. The minimum absolute atomic E-state index is 0.0884. The first-order valence-corrected chi connectivity index (χ1v) is 10.1. The largest absolute Gasteiger partial charge is 0.490 e. The fourth-order valence-corrected chi connectivity index (χ4v) is 3.51. The highest BCUT2D eigenvalue weighted by Crippen LogP contribution is 2.25. The van der Waals surface area contributed by atoms with Crippen molar-refractivity contribution in [3.63, 3.8) is 0 Å². The predicted molar refractivity (Wildman–Crippen MR) is 96.2 cm³/mol. The quantitative estimate of drug-likeness (QED) is 0.664. The molecule has 0 heterocycles. The van der Waals surface area contributed by atoms with E-state index >= 15 is 0 Å². The Hall–Kier alpha value is -1.14. The summed E-state index contributed by atoms with van der Waals surface area (Å²) in [4.78, 5) is 0. The minimum atomic E-state index is -3.34. The molecule has 0 saturated heterocycles. The van der Waals surface area contributed by atoms with E-state index in [1.54, 1.807) is 19.1 Å². The van der Waals surface area contributed by atoms with Crippen LogP contribution in [0.2, 0.25) is 0 Å². The highest BCUT2D eigenvalue weighted by atomic mass is 32.2. The fraction of sp³-hybridized carbons (Fsp3) is 0.667. The van der Waals surface area contributed by atoms with Crippen molar-refractivity contribution in [2.24, 2.45) is 5.41 Å². The van der Waals surface area contributed by atoms with Crippen LogP contribution in [0.4, 0.5) is 4.39 Å². The van der Waals surface area contributed by atoms with Gasteiger partial charge in [-0.05, 0) is 36.5 Å². The average molecular weight is 360 g/mol. The van der Waals surface area contributed by atoms with Gasteiger partial charge < -0.3 is 4.74 Å². The van der Waals surface area contributed by atoms with E-state index in [-0.39, 0.29) is 16.9 Å². The van der Waals surface area contributed by atoms with Crippen LogP contribution in [0, 0.1) is 11.2 Å². The van der Waals surface area contributed by atoms with Gasteiger partial charge in [-0.1, -0.05) is 46.6 Å². The van der Waals surface area contributed by atoms with Crippen LogP contribution in [-0.4, -0.2) is 20.8 Å². The molecule has 0 aliphatic heterocycles. The molecule has 138 valence electrons. The molecule has 0 amide bonds. The lowest BCUT2D eigenvalue weighted by molar-refractivity contribution is 0.191. The van der Waals surface area contributed by atoms with E-state index in [1.807, 2.05) is 27.7 Å². The van der Waals surface area contributed by atoms with Gasteiger partial charge in [-0.25, -0.2) is 17.5 Å². The van der Waals surface area contributed by atoms with Crippen LogP contribution in [0.3, 0.4) is 0 Å². The first-order valence-electron chi connectivity index (χ1n) is 8.46. The Labute approximate surface area is 145 Å². The van der Waals surface area contributed by atoms with Gasteiger partial charge in [0.1, 0.15) is 0 Å². The Bertz CT molecular complexity index is 624. The van der Waals surface area contributed by atoms with E-state index < -0.39 is 21.9 Å². The Kier molecular flexibility index (Phi) is 7.67. The van der Waals surface area contributed by atoms with Crippen molar-refractivity contribution in [3.05, 3.63) is 29.6 Å². The maximum absolute atomic E-state index is 13.9. The third-order valence-electron chi connectivity index (χ3n) is 3.49. The number of nitrogens with one attached hydrogen (secondary N) is 1. The standard InChI is InChI=1S/C18H30FNO3S/c1-6-7-8-11-24(21,22)20-14(2)15-9-10-16(19)17(12-15)23-13-18(3,4)5/h9-10,12,14,20H,6-8,11,13H2,1-5H3/t14-/m1/s1. The molecular formula is C18H30FNO3S. The Morgan fingerprint density at radius 1 is 1.25 bits per heavy atom. The maximum Gasteiger partial charge on any atom is 0.212 e. The van der Waals surface area contributed by atoms with E-state index in [0.717, 1.165) is 12.8 Å². The first kappa shape index (κ1) is 20.9. The van der Waals surface area contributed by atoms with Crippen molar-refractivity contribution in [1.29, 1.82) is 0 Å². The topological polar surface area (TPSA) is 55.4 Å². The highest BCUT2D eigenvalue weighted by Gasteiger charge is 2.18. The van der Waals surface area contributed by atoms with Crippen LogP contribution >= 0.6 is 0 Å². The van der Waals surface area contributed by atoms with Crippen molar-refractivity contribution >= 4 is 10.0 Å². The maximum atomic E-state index is 13.9. The van der Waals surface area contributed by atoms with Crippen molar-refractivity contribution in [3.8, 4) is 5.75 Å². The molecular weight excluding hydrogens is 329 g/mol. The van der Waals surface area contributed by atoms with Gasteiger partial charge in [0.25, 0.3) is 0 Å². The summed E-state index contributed by atoms with van der Waals surface area (Å²) in [5.41, 5.74) is 0.592. The van der Waals surface area contributed by atoms with Gasteiger partial charge in [-0.3, -0.25) is 0 Å². The van der Waals surface area contributed by atoms with Crippen molar-refractivity contribution in [2.75, 3.05) is 12.4 Å². The normalized spacial score (nSPS) is 13.8. The summed E-state index contributed by atoms with van der Waals surface area (Å²) in [6.45, 7) is 10.2. The Balaban J connectivity index is 2.78. The zero-order valence-electron chi connectivity index (χ0n) is 15.4. The molecule has 1 aromatic carbocycles. The van der Waals surface area contributed by atoms with Crippen LogP contribution in [-0.2, 0) is 10.0 Å². The fourth-order valence-electron chi connectivity index (χ4n) is 2.13. The second-order valence-electron chi connectivity index (χ2n) is 7.40. The van der Waals surface area contributed by atoms with Gasteiger partial charge in [0, 0.05) is 6.04 Å². The second kappa shape index (κ2) is 8.81. The highest BCUT2D eigenvalue weighted by molar-refractivity contribution is 7.89. The number of unbranched alkanes of at least 4 members (excludes halogenated alkanes) is 2. The van der Waals surface area contributed by atoms with Crippen LogP contribution in [0.25, 0.3) is 0 Å². The smallest absolute Gasteiger partial charge is 0.212 e. The average Bonchev–Trinajstić information content (AvgIpc) is 2.45. The van der Waals surface area contributed by atoms with Crippen LogP contribution in [0.1, 0.15) is 65.5 Å². The van der Waals surface area contributed by atoms with Crippen molar-refractivity contribution in [2.45, 2.75) is 59.9 Å². The first-order chi connectivity index (χ1) is 11.0. The number of benzene rings is 1. The molecule has 1 atom stereocenters. The van der Waals surface area contributed by atoms with Gasteiger partial charge in [0.15, 0.2) is 11.6 Å². The molecule has 0 aliphatic carbocycles. The predicted octanol–water partition coefficient (Wildman–Crippen LogP) is 4.42. The molecule has 1 rings (SSSR count). The summed E-state index contributed by atoms with van der Waals surface area (Å²) < 4.78 is 46.2. The van der Waals surface area contributed by atoms with Crippen molar-refractivity contribution < 1.29 is 17.5 Å². The van der Waals surface area contributed by atoms with Gasteiger partial charge in [0.2, 0.25) is 10.0 Å². The molecule has 0 saturated carbocycles. The molecule has 0 spiro atoms. The molecule has 0 aromatic heterocycles. The van der Waals surface area contributed by atoms with E-state index in [0.29, 0.717) is 18.6 Å². The van der Waals surface area contributed by atoms with E-state index in [2.05, 4.69) is 4.72 Å². The number of sulfonamides is 1. The summed E-state index contributed by atoms with van der Waals surface area (Å²) in [5.74, 6) is -0.180. The molecule has 4 nitrogen and oxygen atoms in total. The van der Waals surface area contributed by atoms with E-state index in [4.69, 9.17) is 4.74 Å². The van der Waals surface area contributed by atoms with Gasteiger partial charge in [-0.15, -0.1) is 0 Å². The van der Waals surface area contributed by atoms with Gasteiger partial charge in [0.05, 0.1) is 12.4 Å². The summed E-state index contributed by atoms with van der Waals surface area (Å²) in [6.07, 6.45) is 2.50. The number of ether oxygens (including phenoxy) is 1. The van der Waals surface area contributed by atoms with Crippen LogP contribution in [0.5, 0.6) is 5.75 Å². The summed E-state index contributed by atoms with van der Waals surface area (Å²) in [6, 6.07) is 4.03. The monoisotopic (exact) mass is 359 g/mol. The molecule has 1 aromatic rings. The Morgan fingerprint density at radius 3 is 2.50 bits per heavy atom. The molecule has 0 bridgehead atoms. The minimum Gasteiger partial charge on any atom is -0.490 e. The number of hydrogen-bond acceptors (Lipinski definition) is 3. The number of hydrogen-bond donors (Lipinski definition) is 1. The second-order valence-corrected chi connectivity index (χ2v) is 9.28. The molecule has 0 unspecified atom stereocenters. The SMILES string of the molecule is CCCCCS(=O)(=O)N[C@H](C)c1ccc(F)c(OCC(C)(C)C)c1. The zero-order chi connectivity index (χ0) is 18.4. The third kappa shape index (κ3) is 7.62. The van der Waals surface area contributed by atoms with E-state index in [1.165, 1.54) is 6.07 Å². The summed E-state index contributed by atoms with van der Waals surface area (Å²) in [7, 11) is -3.34. The van der Waals surface area contributed by atoms with Gasteiger partial charge >= 0.3 is 0 Å².